The Morgan fingerprint density at radius 2 is 0.763 bits per heavy atom. The molecule has 0 radical (unpaired) electrons. The molecule has 4 nitrogen and oxygen atoms in total. The molecule has 0 aliphatic heterocycles. The van der Waals surface area contributed by atoms with Gasteiger partial charge in [-0.2, -0.15) is 0 Å². The summed E-state index contributed by atoms with van der Waals surface area (Å²) in [6.45, 7) is 0. The SMILES string of the molecule is c1ccc(N(c2ccccc2)c2ccccc2)cc1.c1ccc2cc3ccccc3cc2c1.c1conn1. The van der Waals surface area contributed by atoms with Crippen LogP contribution in [0.4, 0.5) is 17.1 Å². The Morgan fingerprint density at radius 1 is 0.421 bits per heavy atom. The highest BCUT2D eigenvalue weighted by Crippen LogP contribution is 2.33. The van der Waals surface area contributed by atoms with Gasteiger partial charge in [0.25, 0.3) is 0 Å². The summed E-state index contributed by atoms with van der Waals surface area (Å²) in [6, 6.07) is 52.7. The van der Waals surface area contributed by atoms with Gasteiger partial charge in [0, 0.05) is 22.3 Å². The average molecular weight is 494 g/mol. The number of anilines is 3. The summed E-state index contributed by atoms with van der Waals surface area (Å²) in [6.07, 6.45) is 2.88. The van der Waals surface area contributed by atoms with E-state index in [1.54, 1.807) is 0 Å². The van der Waals surface area contributed by atoms with Crippen LogP contribution in [-0.2, 0) is 0 Å². The van der Waals surface area contributed by atoms with Crippen molar-refractivity contribution in [3.63, 3.8) is 0 Å². The monoisotopic (exact) mass is 493 g/mol. The summed E-state index contributed by atoms with van der Waals surface area (Å²) >= 11 is 0. The van der Waals surface area contributed by atoms with Crippen LogP contribution in [0.1, 0.15) is 0 Å². The van der Waals surface area contributed by atoms with Crippen molar-refractivity contribution in [1.82, 2.24) is 10.4 Å². The number of nitrogens with zero attached hydrogens (tertiary/aromatic N) is 3. The maximum Gasteiger partial charge on any atom is 0.144 e. The first-order valence-corrected chi connectivity index (χ1v) is 12.4. The maximum absolute atomic E-state index is 4.22. The molecule has 1 aromatic heterocycles. The number of benzene rings is 6. The highest BCUT2D eigenvalue weighted by molar-refractivity contribution is 5.98. The molecule has 0 fully saturated rings. The van der Waals surface area contributed by atoms with Gasteiger partial charge in [0.1, 0.15) is 6.26 Å². The minimum Gasteiger partial charge on any atom is -0.346 e. The minimum absolute atomic E-state index is 1.17. The van der Waals surface area contributed by atoms with Gasteiger partial charge in [-0.3, -0.25) is 0 Å². The molecule has 7 rings (SSSR count). The van der Waals surface area contributed by atoms with E-state index in [2.05, 4.69) is 153 Å². The lowest BCUT2D eigenvalue weighted by Gasteiger charge is -2.25. The average Bonchev–Trinajstić information content (AvgIpc) is 3.59. The lowest BCUT2D eigenvalue weighted by atomic mass is 10.0. The summed E-state index contributed by atoms with van der Waals surface area (Å²) in [5.41, 5.74) is 3.50. The molecule has 0 unspecified atom stereocenters. The standard InChI is InChI=1S/C18H15N.C14H10.C2H2N2O/c1-4-10-16(11-5-1)19(17-12-6-2-7-13-17)18-14-8-3-9-15-18;1-2-6-12-10-14-8-4-3-7-13(14)9-11(12)5-1;1-2-5-4-3-1/h1-15H;1-10H;1-2H. The summed E-state index contributed by atoms with van der Waals surface area (Å²) in [5.74, 6) is 0. The van der Waals surface area contributed by atoms with Gasteiger partial charge in [-0.25, -0.2) is 0 Å². The van der Waals surface area contributed by atoms with Crippen LogP contribution < -0.4 is 4.90 Å². The molecule has 1 heterocycles. The second-order valence-electron chi connectivity index (χ2n) is 8.48. The number of fused-ring (bicyclic) bond motifs is 2. The molecule has 0 aliphatic carbocycles. The normalized spacial score (nSPS) is 10.1. The molecular formula is C34H27N3O. The van der Waals surface area contributed by atoms with Crippen LogP contribution in [0.5, 0.6) is 0 Å². The molecule has 4 heteroatoms. The molecule has 38 heavy (non-hydrogen) atoms. The van der Waals surface area contributed by atoms with Gasteiger partial charge in [0.05, 0.1) is 6.20 Å². The molecular weight excluding hydrogens is 466 g/mol. The van der Waals surface area contributed by atoms with Gasteiger partial charge in [-0.15, -0.1) is 5.10 Å². The van der Waals surface area contributed by atoms with Crippen molar-refractivity contribution in [1.29, 1.82) is 0 Å². The van der Waals surface area contributed by atoms with Crippen LogP contribution in [0, 0.1) is 0 Å². The Balaban J connectivity index is 0.000000135. The third-order valence-electron chi connectivity index (χ3n) is 5.94. The fourth-order valence-electron chi connectivity index (χ4n) is 4.20. The van der Waals surface area contributed by atoms with Crippen LogP contribution in [0.3, 0.4) is 0 Å². The highest BCUT2D eigenvalue weighted by Gasteiger charge is 2.10. The zero-order valence-electron chi connectivity index (χ0n) is 20.8. The lowest BCUT2D eigenvalue weighted by Crippen LogP contribution is -2.09. The van der Waals surface area contributed by atoms with E-state index >= 15 is 0 Å². The first kappa shape index (κ1) is 24.5. The Morgan fingerprint density at radius 3 is 1.03 bits per heavy atom. The predicted octanol–water partition coefficient (Wildman–Crippen LogP) is 9.22. The molecule has 0 atom stereocenters. The van der Waals surface area contributed by atoms with Crippen LogP contribution in [0.2, 0.25) is 0 Å². The number of rotatable bonds is 3. The molecule has 0 bridgehead atoms. The Hall–Kier alpha value is -5.22. The molecule has 0 amide bonds. The van der Waals surface area contributed by atoms with Crippen molar-refractivity contribution in [3.8, 4) is 0 Å². The van der Waals surface area contributed by atoms with E-state index in [1.165, 1.54) is 51.1 Å². The second kappa shape index (κ2) is 12.7. The third kappa shape index (κ3) is 6.31. The van der Waals surface area contributed by atoms with Crippen molar-refractivity contribution in [2.45, 2.75) is 0 Å². The van der Waals surface area contributed by atoms with E-state index in [9.17, 15) is 0 Å². The van der Waals surface area contributed by atoms with Gasteiger partial charge in [-0.1, -0.05) is 103 Å². The molecule has 0 saturated carbocycles. The van der Waals surface area contributed by atoms with Crippen LogP contribution in [-0.4, -0.2) is 10.4 Å². The maximum atomic E-state index is 4.22. The second-order valence-corrected chi connectivity index (χ2v) is 8.48. The van der Waals surface area contributed by atoms with E-state index in [1.807, 2.05) is 18.2 Å². The fraction of sp³-hybridized carbons (Fsp3) is 0. The molecule has 184 valence electrons. The lowest BCUT2D eigenvalue weighted by molar-refractivity contribution is 0.393. The Bertz CT molecular complexity index is 1440. The Kier molecular flexibility index (Phi) is 8.15. The summed E-state index contributed by atoms with van der Waals surface area (Å²) in [5, 5.41) is 11.6. The number of hydrogen-bond donors (Lipinski definition) is 0. The molecule has 0 saturated heterocycles. The van der Waals surface area contributed by atoms with Gasteiger partial charge >= 0.3 is 0 Å². The van der Waals surface area contributed by atoms with E-state index in [0.717, 1.165) is 0 Å². The predicted molar refractivity (Wildman–Crippen MR) is 157 cm³/mol. The molecule has 6 aromatic carbocycles. The largest absolute Gasteiger partial charge is 0.346 e. The van der Waals surface area contributed by atoms with Gasteiger partial charge in [-0.05, 0) is 70.1 Å². The van der Waals surface area contributed by atoms with Gasteiger partial charge in [0.2, 0.25) is 0 Å². The quantitative estimate of drug-likeness (QED) is 0.230. The van der Waals surface area contributed by atoms with E-state index in [4.69, 9.17) is 0 Å². The van der Waals surface area contributed by atoms with Crippen LogP contribution in [0.25, 0.3) is 21.5 Å². The van der Waals surface area contributed by atoms with Crippen molar-refractivity contribution in [2.24, 2.45) is 0 Å². The van der Waals surface area contributed by atoms with Crippen molar-refractivity contribution < 1.29 is 4.52 Å². The van der Waals surface area contributed by atoms with Crippen molar-refractivity contribution in [2.75, 3.05) is 4.90 Å². The van der Waals surface area contributed by atoms with Crippen molar-refractivity contribution >= 4 is 38.6 Å². The van der Waals surface area contributed by atoms with Gasteiger partial charge < -0.3 is 9.42 Å². The van der Waals surface area contributed by atoms with Crippen molar-refractivity contribution in [3.05, 3.63) is 164 Å². The molecule has 0 N–H and O–H groups in total. The van der Waals surface area contributed by atoms with Gasteiger partial charge in [0.15, 0.2) is 0 Å². The van der Waals surface area contributed by atoms with E-state index < -0.39 is 0 Å². The fourth-order valence-corrected chi connectivity index (χ4v) is 4.20. The minimum atomic E-state index is 1.17. The highest BCUT2D eigenvalue weighted by atomic mass is 16.5. The first-order valence-electron chi connectivity index (χ1n) is 12.4. The zero-order chi connectivity index (χ0) is 25.8. The summed E-state index contributed by atoms with van der Waals surface area (Å²) in [7, 11) is 0. The van der Waals surface area contributed by atoms with E-state index in [-0.39, 0.29) is 0 Å². The Labute approximate surface area is 222 Å². The number of para-hydroxylation sites is 3. The summed E-state index contributed by atoms with van der Waals surface area (Å²) in [4.78, 5) is 2.25. The molecule has 7 aromatic rings. The van der Waals surface area contributed by atoms with Crippen LogP contribution >= 0.6 is 0 Å². The van der Waals surface area contributed by atoms with E-state index in [0.29, 0.717) is 0 Å². The topological polar surface area (TPSA) is 42.2 Å². The first-order chi connectivity index (χ1) is 18.9. The summed E-state index contributed by atoms with van der Waals surface area (Å²) < 4.78 is 4.22. The third-order valence-corrected chi connectivity index (χ3v) is 5.94. The zero-order valence-corrected chi connectivity index (χ0v) is 20.8. The smallest absolute Gasteiger partial charge is 0.144 e. The number of aromatic nitrogens is 2. The molecule has 0 aliphatic rings. The van der Waals surface area contributed by atoms with Crippen LogP contribution in [0.15, 0.2) is 169 Å². The number of hydrogen-bond acceptors (Lipinski definition) is 4. The molecule has 0 spiro atoms.